The number of hydrogen-bond donors (Lipinski definition) is 0. The van der Waals surface area contributed by atoms with Gasteiger partial charge in [0.2, 0.25) is 5.95 Å². The van der Waals surface area contributed by atoms with Gasteiger partial charge in [0.25, 0.3) is 5.91 Å². The SMILES string of the molecule is CC(CC#N)N(C)C(=O)c1ccnc(F)c1. The van der Waals surface area contributed by atoms with Crippen LogP contribution in [0.3, 0.4) is 0 Å². The van der Waals surface area contributed by atoms with Crippen LogP contribution in [0.15, 0.2) is 18.3 Å². The Labute approximate surface area is 93.3 Å². The van der Waals surface area contributed by atoms with Gasteiger partial charge >= 0.3 is 0 Å². The lowest BCUT2D eigenvalue weighted by Crippen LogP contribution is -2.34. The minimum Gasteiger partial charge on any atom is -0.338 e. The molecule has 0 spiro atoms. The van der Waals surface area contributed by atoms with Crippen LogP contribution >= 0.6 is 0 Å². The Morgan fingerprint density at radius 3 is 3.00 bits per heavy atom. The number of pyridine rings is 1. The molecule has 1 amide bonds. The molecular weight excluding hydrogens is 209 g/mol. The first-order valence-electron chi connectivity index (χ1n) is 4.82. The van der Waals surface area contributed by atoms with Crippen LogP contribution in [0.25, 0.3) is 0 Å². The van der Waals surface area contributed by atoms with Gasteiger partial charge in [0.1, 0.15) is 0 Å². The molecule has 0 aliphatic carbocycles. The number of aromatic nitrogens is 1. The predicted molar refractivity (Wildman–Crippen MR) is 56.0 cm³/mol. The van der Waals surface area contributed by atoms with E-state index in [1.165, 1.54) is 17.2 Å². The third-order valence-corrected chi connectivity index (χ3v) is 2.34. The molecule has 1 aromatic rings. The summed E-state index contributed by atoms with van der Waals surface area (Å²) in [4.78, 5) is 16.6. The number of hydrogen-bond acceptors (Lipinski definition) is 3. The van der Waals surface area contributed by atoms with Crippen molar-refractivity contribution in [2.24, 2.45) is 0 Å². The highest BCUT2D eigenvalue weighted by atomic mass is 19.1. The van der Waals surface area contributed by atoms with Crippen molar-refractivity contribution in [1.82, 2.24) is 9.88 Å². The van der Waals surface area contributed by atoms with Crippen LogP contribution in [0.2, 0.25) is 0 Å². The van der Waals surface area contributed by atoms with Crippen LogP contribution < -0.4 is 0 Å². The lowest BCUT2D eigenvalue weighted by molar-refractivity contribution is 0.0745. The van der Waals surface area contributed by atoms with E-state index in [1.54, 1.807) is 14.0 Å². The van der Waals surface area contributed by atoms with Gasteiger partial charge in [-0.15, -0.1) is 0 Å². The molecule has 0 saturated carbocycles. The van der Waals surface area contributed by atoms with E-state index >= 15 is 0 Å². The quantitative estimate of drug-likeness (QED) is 0.728. The summed E-state index contributed by atoms with van der Waals surface area (Å²) in [6.45, 7) is 1.76. The van der Waals surface area contributed by atoms with Crippen molar-refractivity contribution in [2.45, 2.75) is 19.4 Å². The molecule has 0 N–H and O–H groups in total. The zero-order chi connectivity index (χ0) is 12.1. The zero-order valence-corrected chi connectivity index (χ0v) is 9.14. The Balaban J connectivity index is 2.82. The second kappa shape index (κ2) is 5.21. The van der Waals surface area contributed by atoms with Crippen molar-refractivity contribution in [2.75, 3.05) is 7.05 Å². The van der Waals surface area contributed by atoms with Gasteiger partial charge in [0.05, 0.1) is 12.5 Å². The number of halogens is 1. The van der Waals surface area contributed by atoms with Gasteiger partial charge < -0.3 is 4.90 Å². The summed E-state index contributed by atoms with van der Waals surface area (Å²) in [6.07, 6.45) is 1.49. The number of rotatable bonds is 3. The largest absolute Gasteiger partial charge is 0.338 e. The molecule has 84 valence electrons. The monoisotopic (exact) mass is 221 g/mol. The van der Waals surface area contributed by atoms with Gasteiger partial charge in [-0.1, -0.05) is 0 Å². The second-order valence-electron chi connectivity index (χ2n) is 3.49. The first-order chi connectivity index (χ1) is 7.56. The average Bonchev–Trinajstić information content (AvgIpc) is 2.27. The van der Waals surface area contributed by atoms with Gasteiger partial charge in [-0.2, -0.15) is 9.65 Å². The van der Waals surface area contributed by atoms with Crippen molar-refractivity contribution < 1.29 is 9.18 Å². The van der Waals surface area contributed by atoms with Crippen molar-refractivity contribution in [1.29, 1.82) is 5.26 Å². The van der Waals surface area contributed by atoms with Crippen LogP contribution in [0, 0.1) is 17.3 Å². The minimum absolute atomic E-state index is 0.200. The van der Waals surface area contributed by atoms with E-state index in [-0.39, 0.29) is 23.9 Å². The first kappa shape index (κ1) is 12.1. The van der Waals surface area contributed by atoms with Gasteiger partial charge in [-0.05, 0) is 13.0 Å². The fourth-order valence-corrected chi connectivity index (χ4v) is 1.21. The highest BCUT2D eigenvalue weighted by Gasteiger charge is 2.17. The second-order valence-corrected chi connectivity index (χ2v) is 3.49. The van der Waals surface area contributed by atoms with Gasteiger partial charge in [0.15, 0.2) is 0 Å². The summed E-state index contributed by atoms with van der Waals surface area (Å²) in [6, 6.07) is 4.31. The molecule has 5 heteroatoms. The van der Waals surface area contributed by atoms with Crippen LogP contribution in [-0.2, 0) is 0 Å². The van der Waals surface area contributed by atoms with Gasteiger partial charge in [-0.25, -0.2) is 4.98 Å². The van der Waals surface area contributed by atoms with Crippen LogP contribution in [0.5, 0.6) is 0 Å². The molecule has 16 heavy (non-hydrogen) atoms. The molecule has 1 unspecified atom stereocenters. The Morgan fingerprint density at radius 1 is 1.75 bits per heavy atom. The maximum atomic E-state index is 12.8. The van der Waals surface area contributed by atoms with E-state index in [0.717, 1.165) is 6.07 Å². The molecule has 1 atom stereocenters. The summed E-state index contributed by atoms with van der Waals surface area (Å²) in [5, 5.41) is 8.52. The van der Waals surface area contributed by atoms with E-state index in [0.29, 0.717) is 0 Å². The minimum atomic E-state index is -0.688. The summed E-state index contributed by atoms with van der Waals surface area (Å²) >= 11 is 0. The maximum Gasteiger partial charge on any atom is 0.254 e. The van der Waals surface area contributed by atoms with E-state index < -0.39 is 5.95 Å². The van der Waals surface area contributed by atoms with Crippen LogP contribution in [0.1, 0.15) is 23.7 Å². The number of carbonyl (C=O) groups excluding carboxylic acids is 1. The molecular formula is C11H12FN3O. The predicted octanol–water partition coefficient (Wildman–Crippen LogP) is 1.59. The Hall–Kier alpha value is -1.96. The standard InChI is InChI=1S/C11H12FN3O/c1-8(3-5-13)15(2)11(16)9-4-6-14-10(12)7-9/h4,6-8H,3H2,1-2H3. The molecule has 0 fully saturated rings. The first-order valence-corrected chi connectivity index (χ1v) is 4.82. The lowest BCUT2D eigenvalue weighted by Gasteiger charge is -2.22. The number of carbonyl (C=O) groups is 1. The molecule has 0 aliphatic heterocycles. The number of nitrogens with zero attached hydrogens (tertiary/aromatic N) is 3. The van der Waals surface area contributed by atoms with E-state index in [2.05, 4.69) is 4.98 Å². The maximum absolute atomic E-state index is 12.8. The van der Waals surface area contributed by atoms with E-state index in [9.17, 15) is 9.18 Å². The fraction of sp³-hybridized carbons (Fsp3) is 0.364. The molecule has 4 nitrogen and oxygen atoms in total. The molecule has 0 bridgehead atoms. The molecule has 1 aromatic heterocycles. The summed E-state index contributed by atoms with van der Waals surface area (Å²) < 4.78 is 12.8. The van der Waals surface area contributed by atoms with Gasteiger partial charge in [-0.3, -0.25) is 4.79 Å². The molecule has 0 saturated heterocycles. The van der Waals surface area contributed by atoms with Crippen molar-refractivity contribution >= 4 is 5.91 Å². The summed E-state index contributed by atoms with van der Waals surface area (Å²) in [5.41, 5.74) is 0.236. The van der Waals surface area contributed by atoms with E-state index in [4.69, 9.17) is 5.26 Å². The molecule has 0 radical (unpaired) electrons. The zero-order valence-electron chi connectivity index (χ0n) is 9.14. The van der Waals surface area contributed by atoms with Crippen molar-refractivity contribution in [3.8, 4) is 6.07 Å². The summed E-state index contributed by atoms with van der Waals surface area (Å²) in [5.74, 6) is -1.00. The average molecular weight is 221 g/mol. The Morgan fingerprint density at radius 2 is 2.44 bits per heavy atom. The Bertz CT molecular complexity index is 427. The molecule has 1 rings (SSSR count). The van der Waals surface area contributed by atoms with Crippen LogP contribution in [0.4, 0.5) is 4.39 Å². The topological polar surface area (TPSA) is 57.0 Å². The molecule has 1 heterocycles. The fourth-order valence-electron chi connectivity index (χ4n) is 1.21. The van der Waals surface area contributed by atoms with Gasteiger partial charge in [0, 0.05) is 30.9 Å². The van der Waals surface area contributed by atoms with E-state index in [1.807, 2.05) is 6.07 Å². The Kier molecular flexibility index (Phi) is 3.95. The normalized spacial score (nSPS) is 11.6. The lowest BCUT2D eigenvalue weighted by atomic mass is 10.2. The van der Waals surface area contributed by atoms with Crippen LogP contribution in [-0.4, -0.2) is 28.9 Å². The molecule has 0 aliphatic rings. The summed E-state index contributed by atoms with van der Waals surface area (Å²) in [7, 11) is 1.59. The third kappa shape index (κ3) is 2.76. The van der Waals surface area contributed by atoms with Crippen molar-refractivity contribution in [3.63, 3.8) is 0 Å². The highest BCUT2D eigenvalue weighted by Crippen LogP contribution is 2.08. The highest BCUT2D eigenvalue weighted by molar-refractivity contribution is 5.94. The number of amides is 1. The third-order valence-electron chi connectivity index (χ3n) is 2.34. The molecule has 0 aromatic carbocycles. The number of nitriles is 1. The van der Waals surface area contributed by atoms with Crippen molar-refractivity contribution in [3.05, 3.63) is 29.8 Å². The smallest absolute Gasteiger partial charge is 0.254 e.